The molecule has 0 aliphatic carbocycles. The minimum absolute atomic E-state index is 0.232. The molecule has 0 aromatic heterocycles. The monoisotopic (exact) mass is 566 g/mol. The third-order valence-electron chi connectivity index (χ3n) is 7.17. The van der Waals surface area contributed by atoms with Crippen LogP contribution in [0.25, 0.3) is 16.7 Å². The van der Waals surface area contributed by atoms with E-state index in [1.165, 1.54) is 34.2 Å². The van der Waals surface area contributed by atoms with Crippen LogP contribution in [0.4, 0.5) is 0 Å². The van der Waals surface area contributed by atoms with Crippen LogP contribution in [-0.2, 0) is 6.54 Å². The second-order valence-corrected chi connectivity index (χ2v) is 10.9. The molecule has 0 fully saturated rings. The molecule has 0 heterocycles. The van der Waals surface area contributed by atoms with Crippen LogP contribution in [0.3, 0.4) is 0 Å². The van der Waals surface area contributed by atoms with Gasteiger partial charge in [0.1, 0.15) is 0 Å². The van der Waals surface area contributed by atoms with E-state index in [-0.39, 0.29) is 6.04 Å². The predicted molar refractivity (Wildman–Crippen MR) is 188 cm³/mol. The Morgan fingerprint density at radius 1 is 1.05 bits per heavy atom. The number of nitrogens with zero attached hydrogens (tertiary/aromatic N) is 1. The van der Waals surface area contributed by atoms with Crippen molar-refractivity contribution in [3.63, 3.8) is 0 Å². The minimum Gasteiger partial charge on any atom is -0.382 e. The zero-order chi connectivity index (χ0) is 30.2. The van der Waals surface area contributed by atoms with Gasteiger partial charge in [-0.1, -0.05) is 100 Å². The zero-order valence-corrected chi connectivity index (χ0v) is 27.2. The van der Waals surface area contributed by atoms with Gasteiger partial charge in [-0.05, 0) is 116 Å². The summed E-state index contributed by atoms with van der Waals surface area (Å²) < 4.78 is 0. The van der Waals surface area contributed by atoms with E-state index in [4.69, 9.17) is 0 Å². The Bertz CT molecular complexity index is 1290. The number of hydrogen-bond donors (Lipinski definition) is 1. The van der Waals surface area contributed by atoms with Crippen molar-refractivity contribution in [3.8, 4) is 11.1 Å². The molecular formula is C38H51N2P. The standard InChI is InChI=1S/C38H51N2P/c1-9-14-17-32(16-10-2)25-37(28-41)39-31(8)30(7)23-34(12-4)38-26-36(21-20-29(38)6)35-19-15-18-33(24-35)27-40(13-5)22-11-3/h9-10,12,14-21,23-24,26,37,39H,4,7-8,11,13,22,25,27-28,41H2,1-3,5-6H3/b14-9+,16-10-,32-17+,34-23-. The average molecular weight is 567 g/mol. The van der Waals surface area contributed by atoms with E-state index in [1.54, 1.807) is 0 Å². The number of hydrogen-bond acceptors (Lipinski definition) is 2. The number of allylic oxidation sites excluding steroid dienone is 8. The highest BCUT2D eigenvalue weighted by atomic mass is 31.0. The van der Waals surface area contributed by atoms with Gasteiger partial charge in [-0.3, -0.25) is 4.90 Å². The van der Waals surface area contributed by atoms with E-state index >= 15 is 0 Å². The van der Waals surface area contributed by atoms with Crippen LogP contribution in [0.1, 0.15) is 57.2 Å². The van der Waals surface area contributed by atoms with Gasteiger partial charge in [0.2, 0.25) is 0 Å². The number of rotatable bonds is 17. The number of benzene rings is 2. The maximum absolute atomic E-state index is 4.36. The van der Waals surface area contributed by atoms with Gasteiger partial charge in [0.25, 0.3) is 0 Å². The maximum Gasteiger partial charge on any atom is 0.0337 e. The number of aryl methyl sites for hydroxylation is 1. The van der Waals surface area contributed by atoms with Gasteiger partial charge in [-0.25, -0.2) is 0 Å². The zero-order valence-electron chi connectivity index (χ0n) is 26.0. The van der Waals surface area contributed by atoms with E-state index in [0.29, 0.717) is 0 Å². The second kappa shape index (κ2) is 18.3. The van der Waals surface area contributed by atoms with E-state index in [2.05, 4.69) is 146 Å². The van der Waals surface area contributed by atoms with Gasteiger partial charge >= 0.3 is 0 Å². The fourth-order valence-corrected chi connectivity index (χ4v) is 5.13. The van der Waals surface area contributed by atoms with Crippen LogP contribution in [-0.4, -0.2) is 30.2 Å². The minimum atomic E-state index is 0.232. The summed E-state index contributed by atoms with van der Waals surface area (Å²) >= 11 is 0. The Hall–Kier alpha value is -3.19. The summed E-state index contributed by atoms with van der Waals surface area (Å²) in [5.74, 6) is 0. The Kier molecular flexibility index (Phi) is 15.2. The average Bonchev–Trinajstić information content (AvgIpc) is 2.98. The third-order valence-corrected chi connectivity index (χ3v) is 7.74. The quantitative estimate of drug-likeness (QED) is 0.151. The lowest BCUT2D eigenvalue weighted by atomic mass is 9.93. The molecule has 0 aliphatic rings. The molecule has 0 radical (unpaired) electrons. The molecule has 0 saturated carbocycles. The summed E-state index contributed by atoms with van der Waals surface area (Å²) in [6.07, 6.45) is 17.5. The molecule has 2 aromatic carbocycles. The Balaban J connectivity index is 2.28. The molecular weight excluding hydrogens is 515 g/mol. The summed E-state index contributed by atoms with van der Waals surface area (Å²) in [7, 11) is 2.86. The fourth-order valence-electron chi connectivity index (χ4n) is 4.85. The molecule has 2 nitrogen and oxygen atoms in total. The smallest absolute Gasteiger partial charge is 0.0337 e. The van der Waals surface area contributed by atoms with Gasteiger partial charge in [0.15, 0.2) is 0 Å². The van der Waals surface area contributed by atoms with Crippen LogP contribution in [0, 0.1) is 6.92 Å². The van der Waals surface area contributed by atoms with Crippen molar-refractivity contribution >= 4 is 14.8 Å². The molecule has 1 N–H and O–H groups in total. The van der Waals surface area contributed by atoms with E-state index in [1.807, 2.05) is 13.0 Å². The third kappa shape index (κ3) is 11.0. The molecule has 0 saturated heterocycles. The van der Waals surface area contributed by atoms with Gasteiger partial charge in [-0.2, -0.15) is 0 Å². The highest BCUT2D eigenvalue weighted by Gasteiger charge is 2.12. The normalized spacial score (nSPS) is 13.2. The topological polar surface area (TPSA) is 15.3 Å². The first kappa shape index (κ1) is 34.0. The highest BCUT2D eigenvalue weighted by molar-refractivity contribution is 7.16. The van der Waals surface area contributed by atoms with Crippen LogP contribution in [0.2, 0.25) is 0 Å². The van der Waals surface area contributed by atoms with Crippen molar-refractivity contribution in [2.45, 2.75) is 60.0 Å². The van der Waals surface area contributed by atoms with E-state index in [9.17, 15) is 0 Å². The first-order chi connectivity index (χ1) is 19.8. The first-order valence-corrected chi connectivity index (χ1v) is 15.7. The van der Waals surface area contributed by atoms with Crippen LogP contribution >= 0.6 is 9.24 Å². The lowest BCUT2D eigenvalue weighted by Gasteiger charge is -2.21. The van der Waals surface area contributed by atoms with Crippen LogP contribution < -0.4 is 5.32 Å². The summed E-state index contributed by atoms with van der Waals surface area (Å²) in [6, 6.07) is 15.8. The van der Waals surface area contributed by atoms with Crippen molar-refractivity contribution in [3.05, 3.63) is 138 Å². The lowest BCUT2D eigenvalue weighted by Crippen LogP contribution is -2.30. The van der Waals surface area contributed by atoms with Crippen molar-refractivity contribution in [1.82, 2.24) is 10.2 Å². The maximum atomic E-state index is 4.36. The molecule has 0 bridgehead atoms. The molecule has 3 heteroatoms. The summed E-state index contributed by atoms with van der Waals surface area (Å²) in [4.78, 5) is 2.49. The first-order valence-electron chi connectivity index (χ1n) is 14.9. The Morgan fingerprint density at radius 3 is 2.44 bits per heavy atom. The molecule has 2 unspecified atom stereocenters. The predicted octanol–water partition coefficient (Wildman–Crippen LogP) is 9.84. The molecule has 0 amide bonds. The van der Waals surface area contributed by atoms with Gasteiger partial charge in [-0.15, -0.1) is 9.24 Å². The van der Waals surface area contributed by atoms with Crippen LogP contribution in [0.15, 0.2) is 122 Å². The highest BCUT2D eigenvalue weighted by Crippen LogP contribution is 2.29. The van der Waals surface area contributed by atoms with Crippen molar-refractivity contribution < 1.29 is 0 Å². The Labute approximate surface area is 253 Å². The van der Waals surface area contributed by atoms with Gasteiger partial charge < -0.3 is 5.32 Å². The van der Waals surface area contributed by atoms with Crippen molar-refractivity contribution in [2.24, 2.45) is 0 Å². The van der Waals surface area contributed by atoms with E-state index in [0.717, 1.165) is 54.6 Å². The van der Waals surface area contributed by atoms with Gasteiger partial charge in [0.05, 0.1) is 0 Å². The van der Waals surface area contributed by atoms with Crippen molar-refractivity contribution in [1.29, 1.82) is 0 Å². The lowest BCUT2D eigenvalue weighted by molar-refractivity contribution is 0.280. The molecule has 0 aliphatic heterocycles. The molecule has 2 aromatic rings. The largest absolute Gasteiger partial charge is 0.382 e. The molecule has 2 rings (SSSR count). The number of nitrogens with one attached hydrogen (secondary N) is 1. The summed E-state index contributed by atoms with van der Waals surface area (Å²) in [5, 5.41) is 3.60. The SMILES string of the molecule is C=C/C(=C/C(=C)C(=C)NC(CP)CC(/C=C\C)=C/C=C/C)c1cc(-c2cccc(CN(CC)CCC)c2)ccc1C. The molecule has 0 spiro atoms. The second-order valence-electron chi connectivity index (χ2n) is 10.5. The van der Waals surface area contributed by atoms with Gasteiger partial charge in [0, 0.05) is 18.3 Å². The van der Waals surface area contributed by atoms with Crippen LogP contribution in [0.5, 0.6) is 0 Å². The summed E-state index contributed by atoms with van der Waals surface area (Å²) in [6.45, 7) is 26.7. The Morgan fingerprint density at radius 2 is 1.80 bits per heavy atom. The molecule has 41 heavy (non-hydrogen) atoms. The van der Waals surface area contributed by atoms with Crippen molar-refractivity contribution in [2.75, 3.05) is 19.3 Å². The fraction of sp³-hybridized carbons (Fsp3) is 0.316. The molecule has 218 valence electrons. The summed E-state index contributed by atoms with van der Waals surface area (Å²) in [5.41, 5.74) is 10.1. The molecule has 2 atom stereocenters. The van der Waals surface area contributed by atoms with E-state index < -0.39 is 0 Å².